The molecular weight excluding hydrogens is 442 g/mol. The molecule has 3 heterocycles. The summed E-state index contributed by atoms with van der Waals surface area (Å²) in [5.41, 5.74) is 2.02. The van der Waals surface area contributed by atoms with Gasteiger partial charge in [0.2, 0.25) is 0 Å². The first-order valence-electron chi connectivity index (χ1n) is 11.7. The van der Waals surface area contributed by atoms with Gasteiger partial charge in [0.15, 0.2) is 0 Å². The zero-order valence-electron chi connectivity index (χ0n) is 19.9. The molecule has 0 aliphatic carbocycles. The summed E-state index contributed by atoms with van der Waals surface area (Å²) in [5, 5.41) is 9.80. The maximum absolute atomic E-state index is 13.1. The summed E-state index contributed by atoms with van der Waals surface area (Å²) >= 11 is 1.52. The van der Waals surface area contributed by atoms with Crippen molar-refractivity contribution < 1.29 is 19.1 Å². The van der Waals surface area contributed by atoms with E-state index < -0.39 is 12.0 Å². The van der Waals surface area contributed by atoms with Crippen molar-refractivity contribution in [3.05, 3.63) is 33.7 Å². The molecule has 4 amide bonds. The van der Waals surface area contributed by atoms with Gasteiger partial charge in [0.1, 0.15) is 0 Å². The van der Waals surface area contributed by atoms with Crippen molar-refractivity contribution in [1.29, 1.82) is 0 Å². The molecule has 1 saturated heterocycles. The van der Waals surface area contributed by atoms with Crippen LogP contribution in [0.15, 0.2) is 28.1 Å². The number of amides is 4. The molecule has 0 saturated carbocycles. The van der Waals surface area contributed by atoms with Crippen LogP contribution in [0.2, 0.25) is 0 Å². The number of ether oxygens (including phenoxy) is 1. The number of hydrogen-bond donors (Lipinski definition) is 2. The molecule has 3 rings (SSSR count). The summed E-state index contributed by atoms with van der Waals surface area (Å²) in [4.78, 5) is 44.2. The van der Waals surface area contributed by atoms with E-state index >= 15 is 0 Å². The largest absolute Gasteiger partial charge is 0.463 e. The van der Waals surface area contributed by atoms with E-state index in [4.69, 9.17) is 4.74 Å². The first kappa shape index (κ1) is 25.0. The summed E-state index contributed by atoms with van der Waals surface area (Å²) < 4.78 is 5.41. The Bertz CT molecular complexity index is 872. The van der Waals surface area contributed by atoms with E-state index in [-0.39, 0.29) is 24.7 Å². The Morgan fingerprint density at radius 1 is 1.27 bits per heavy atom. The molecule has 9 nitrogen and oxygen atoms in total. The van der Waals surface area contributed by atoms with Crippen LogP contribution in [0.3, 0.4) is 0 Å². The van der Waals surface area contributed by atoms with E-state index in [1.54, 1.807) is 11.8 Å². The Labute approximate surface area is 199 Å². The predicted octanol–water partition coefficient (Wildman–Crippen LogP) is 2.78. The Morgan fingerprint density at radius 3 is 2.67 bits per heavy atom. The molecule has 0 bridgehead atoms. The van der Waals surface area contributed by atoms with Crippen LogP contribution in [0.5, 0.6) is 0 Å². The molecule has 1 aromatic rings. The number of carbonyl (C=O) groups excluding carboxylic acids is 3. The fraction of sp³-hybridized carbons (Fsp3) is 0.609. The topological polar surface area (TPSA) is 94.2 Å². The molecule has 182 valence electrons. The summed E-state index contributed by atoms with van der Waals surface area (Å²) in [5.74, 6) is -0.409. The van der Waals surface area contributed by atoms with Crippen LogP contribution in [0.25, 0.3) is 0 Å². The molecule has 0 spiro atoms. The lowest BCUT2D eigenvalue weighted by Crippen LogP contribution is -2.58. The number of thiophene rings is 1. The minimum absolute atomic E-state index is 0.0161. The van der Waals surface area contributed by atoms with Gasteiger partial charge in [-0.05, 0) is 49.6 Å². The summed E-state index contributed by atoms with van der Waals surface area (Å²) in [6, 6.07) is 1.13. The average molecular weight is 478 g/mol. The van der Waals surface area contributed by atoms with E-state index in [9.17, 15) is 14.4 Å². The number of carbonyl (C=O) groups is 3. The molecule has 2 aliphatic rings. The number of rotatable bonds is 8. The number of nitrogens with one attached hydrogen (secondary N) is 2. The molecule has 1 fully saturated rings. The van der Waals surface area contributed by atoms with Gasteiger partial charge in [-0.1, -0.05) is 6.92 Å². The Kier molecular flexibility index (Phi) is 8.74. The van der Waals surface area contributed by atoms with Crippen LogP contribution in [0.1, 0.15) is 45.7 Å². The van der Waals surface area contributed by atoms with Gasteiger partial charge in [-0.3, -0.25) is 9.80 Å². The summed E-state index contributed by atoms with van der Waals surface area (Å²) in [6.45, 7) is 11.4. The summed E-state index contributed by atoms with van der Waals surface area (Å²) in [6.07, 6.45) is 0.894. The van der Waals surface area contributed by atoms with Crippen molar-refractivity contribution in [3.8, 4) is 0 Å². The Balaban J connectivity index is 1.88. The second-order valence-corrected chi connectivity index (χ2v) is 9.05. The van der Waals surface area contributed by atoms with Crippen LogP contribution < -0.4 is 10.6 Å². The molecule has 2 aliphatic heterocycles. The zero-order chi connectivity index (χ0) is 24.0. The molecule has 0 aromatic carbocycles. The van der Waals surface area contributed by atoms with Gasteiger partial charge in [0, 0.05) is 51.0 Å². The second kappa shape index (κ2) is 11.5. The fourth-order valence-corrected chi connectivity index (χ4v) is 5.06. The summed E-state index contributed by atoms with van der Waals surface area (Å²) in [7, 11) is 0. The number of piperazine rings is 1. The van der Waals surface area contributed by atoms with Crippen LogP contribution >= 0.6 is 11.3 Å². The lowest BCUT2D eigenvalue weighted by molar-refractivity contribution is -0.139. The first-order valence-corrected chi connectivity index (χ1v) is 12.6. The lowest BCUT2D eigenvalue weighted by Gasteiger charge is -2.42. The van der Waals surface area contributed by atoms with Crippen LogP contribution in [0.4, 0.5) is 9.59 Å². The highest BCUT2D eigenvalue weighted by atomic mass is 32.1. The van der Waals surface area contributed by atoms with Crippen molar-refractivity contribution in [2.75, 3.05) is 45.9 Å². The van der Waals surface area contributed by atoms with Gasteiger partial charge in [-0.15, -0.1) is 0 Å². The number of likely N-dealkylation sites (N-methyl/N-ethyl adjacent to an activating group) is 1. The first-order chi connectivity index (χ1) is 15.9. The van der Waals surface area contributed by atoms with E-state index in [2.05, 4.69) is 15.5 Å². The number of urea groups is 2. The van der Waals surface area contributed by atoms with Crippen molar-refractivity contribution in [2.24, 2.45) is 0 Å². The van der Waals surface area contributed by atoms with Crippen molar-refractivity contribution in [3.63, 3.8) is 0 Å². The second-order valence-electron chi connectivity index (χ2n) is 8.27. The van der Waals surface area contributed by atoms with Crippen LogP contribution in [-0.2, 0) is 9.53 Å². The van der Waals surface area contributed by atoms with E-state index in [0.29, 0.717) is 50.5 Å². The quantitative estimate of drug-likeness (QED) is 0.562. The third kappa shape index (κ3) is 5.67. The number of nitrogens with zero attached hydrogens (tertiary/aromatic N) is 3. The number of esters is 1. The highest BCUT2D eigenvalue weighted by molar-refractivity contribution is 7.08. The molecule has 10 heteroatoms. The minimum atomic E-state index is -0.542. The van der Waals surface area contributed by atoms with Crippen molar-refractivity contribution in [1.82, 2.24) is 25.3 Å². The predicted molar refractivity (Wildman–Crippen MR) is 128 cm³/mol. The van der Waals surface area contributed by atoms with Gasteiger partial charge >= 0.3 is 18.0 Å². The molecule has 2 N–H and O–H groups in total. The SMILES string of the molecule is CCCNC(=O)N1CCN(CC2=C(C(=O)OCC)[C@H](c3ccsc3)NC(=O)N2CC)C[C@H]1C. The standard InChI is InChI=1S/C23H35N5O4S/c1-5-9-24-22(30)28-11-10-26(13-16(28)4)14-18-19(21(29)32-7-3)20(17-8-12-33-15-17)25-23(31)27(18)6-2/h8,12,15-16,20H,5-7,9-11,13-14H2,1-4H3,(H,24,30)(H,25,31)/t16-,20+/m1/s1. The molecule has 33 heavy (non-hydrogen) atoms. The average Bonchev–Trinajstić information content (AvgIpc) is 3.32. The molecule has 1 aromatic heterocycles. The Hall–Kier alpha value is -2.59. The van der Waals surface area contributed by atoms with Gasteiger partial charge in [0.25, 0.3) is 0 Å². The highest BCUT2D eigenvalue weighted by Crippen LogP contribution is 2.33. The van der Waals surface area contributed by atoms with Crippen molar-refractivity contribution >= 4 is 29.4 Å². The highest BCUT2D eigenvalue weighted by Gasteiger charge is 2.39. The Morgan fingerprint density at radius 2 is 2.06 bits per heavy atom. The number of hydrogen-bond acceptors (Lipinski definition) is 6. The third-order valence-corrected chi connectivity index (χ3v) is 6.70. The van der Waals surface area contributed by atoms with Gasteiger partial charge in [-0.25, -0.2) is 14.4 Å². The van der Waals surface area contributed by atoms with E-state index in [0.717, 1.165) is 12.0 Å². The van der Waals surface area contributed by atoms with E-state index in [1.807, 2.05) is 42.5 Å². The van der Waals surface area contributed by atoms with Crippen molar-refractivity contribution in [2.45, 2.75) is 46.2 Å². The van der Waals surface area contributed by atoms with E-state index in [1.165, 1.54) is 11.3 Å². The lowest BCUT2D eigenvalue weighted by atomic mass is 9.96. The van der Waals surface area contributed by atoms with Gasteiger partial charge in [-0.2, -0.15) is 11.3 Å². The molecular formula is C23H35N5O4S. The van der Waals surface area contributed by atoms with Gasteiger partial charge in [0.05, 0.1) is 18.2 Å². The monoisotopic (exact) mass is 477 g/mol. The van der Waals surface area contributed by atoms with Crippen LogP contribution in [0, 0.1) is 0 Å². The maximum atomic E-state index is 13.1. The molecule has 0 radical (unpaired) electrons. The maximum Gasteiger partial charge on any atom is 0.338 e. The minimum Gasteiger partial charge on any atom is -0.463 e. The van der Waals surface area contributed by atoms with Crippen LogP contribution in [-0.4, -0.2) is 84.6 Å². The normalized spacial score (nSPS) is 21.8. The third-order valence-electron chi connectivity index (χ3n) is 6.00. The van der Waals surface area contributed by atoms with Gasteiger partial charge < -0.3 is 20.3 Å². The fourth-order valence-electron chi connectivity index (χ4n) is 4.37. The zero-order valence-corrected chi connectivity index (χ0v) is 20.7. The molecule has 2 atom stereocenters. The smallest absolute Gasteiger partial charge is 0.338 e. The molecule has 0 unspecified atom stereocenters.